The second-order valence-electron chi connectivity index (χ2n) is 4.49. The first-order valence-corrected chi connectivity index (χ1v) is 7.12. The van der Waals surface area contributed by atoms with Gasteiger partial charge in [0.25, 0.3) is 0 Å². The van der Waals surface area contributed by atoms with E-state index in [1.807, 2.05) is 30.3 Å². The number of hydrogen-bond acceptors (Lipinski definition) is 4. The van der Waals surface area contributed by atoms with Gasteiger partial charge in [0.05, 0.1) is 5.69 Å². The number of nitrogen functional groups attached to an aromatic ring is 1. The van der Waals surface area contributed by atoms with Gasteiger partial charge in [-0.25, -0.2) is 9.78 Å². The molecule has 21 heavy (non-hydrogen) atoms. The van der Waals surface area contributed by atoms with Gasteiger partial charge >= 0.3 is 5.97 Å². The van der Waals surface area contributed by atoms with Crippen molar-refractivity contribution in [2.45, 2.75) is 0 Å². The molecule has 3 aromatic rings. The lowest BCUT2D eigenvalue weighted by Gasteiger charge is -1.99. The highest BCUT2D eigenvalue weighted by atomic mass is 32.1. The number of aromatic nitrogens is 1. The number of benzene rings is 2. The summed E-state index contributed by atoms with van der Waals surface area (Å²) in [5, 5.41) is 10.1. The van der Waals surface area contributed by atoms with Gasteiger partial charge in [-0.3, -0.25) is 0 Å². The van der Waals surface area contributed by atoms with Crippen LogP contribution in [0.4, 0.5) is 5.69 Å². The molecule has 0 aliphatic carbocycles. The third-order valence-electron chi connectivity index (χ3n) is 3.03. The number of rotatable bonds is 3. The molecular formula is C16H12N2O2S. The molecule has 104 valence electrons. The molecule has 3 N–H and O–H groups in total. The first-order valence-electron chi connectivity index (χ1n) is 6.30. The Hall–Kier alpha value is -2.66. The molecule has 0 saturated carbocycles. The first kappa shape index (κ1) is 13.3. The van der Waals surface area contributed by atoms with Crippen LogP contribution in [-0.4, -0.2) is 16.1 Å². The molecule has 1 aromatic heterocycles. The van der Waals surface area contributed by atoms with Crippen LogP contribution in [0.15, 0.2) is 54.6 Å². The Kier molecular flexibility index (Phi) is 3.41. The second-order valence-corrected chi connectivity index (χ2v) is 5.49. The molecule has 5 heteroatoms. The maximum atomic E-state index is 11.5. The average molecular weight is 296 g/mol. The summed E-state index contributed by atoms with van der Waals surface area (Å²) in [6, 6.07) is 16.6. The molecule has 4 nitrogen and oxygen atoms in total. The van der Waals surface area contributed by atoms with Crippen LogP contribution in [0.1, 0.15) is 9.67 Å². The molecule has 0 aliphatic heterocycles. The van der Waals surface area contributed by atoms with E-state index >= 15 is 0 Å². The Bertz CT molecular complexity index is 780. The van der Waals surface area contributed by atoms with Gasteiger partial charge in [-0.15, -0.1) is 11.3 Å². The van der Waals surface area contributed by atoms with Crippen LogP contribution in [0.5, 0.6) is 0 Å². The minimum atomic E-state index is -0.971. The second kappa shape index (κ2) is 5.38. The third kappa shape index (κ3) is 2.64. The molecule has 0 fully saturated rings. The Morgan fingerprint density at radius 1 is 1.00 bits per heavy atom. The fraction of sp³-hybridized carbons (Fsp3) is 0. The number of aromatic carboxylic acids is 1. The molecule has 0 unspecified atom stereocenters. The summed E-state index contributed by atoms with van der Waals surface area (Å²) in [4.78, 5) is 16.2. The fourth-order valence-corrected chi connectivity index (χ4v) is 2.94. The molecule has 0 atom stereocenters. The summed E-state index contributed by atoms with van der Waals surface area (Å²) in [7, 11) is 0. The highest BCUT2D eigenvalue weighted by molar-refractivity contribution is 7.17. The van der Waals surface area contributed by atoms with Crippen molar-refractivity contribution in [3.63, 3.8) is 0 Å². The highest BCUT2D eigenvalue weighted by Crippen LogP contribution is 2.34. The number of carbonyl (C=O) groups is 1. The normalized spacial score (nSPS) is 10.5. The lowest BCUT2D eigenvalue weighted by atomic mass is 10.1. The van der Waals surface area contributed by atoms with Crippen LogP contribution in [0.25, 0.3) is 21.8 Å². The van der Waals surface area contributed by atoms with Crippen molar-refractivity contribution in [1.29, 1.82) is 0 Å². The predicted octanol–water partition coefficient (Wildman–Crippen LogP) is 3.76. The third-order valence-corrected chi connectivity index (χ3v) is 4.12. The molecule has 0 spiro atoms. The van der Waals surface area contributed by atoms with Crippen molar-refractivity contribution >= 4 is 23.0 Å². The summed E-state index contributed by atoms with van der Waals surface area (Å²) in [5.74, 6) is -0.971. The van der Waals surface area contributed by atoms with Gasteiger partial charge in [0.15, 0.2) is 0 Å². The van der Waals surface area contributed by atoms with Gasteiger partial charge in [-0.05, 0) is 12.1 Å². The van der Waals surface area contributed by atoms with Crippen LogP contribution >= 0.6 is 11.3 Å². The fourth-order valence-electron chi connectivity index (χ4n) is 2.01. The maximum Gasteiger partial charge on any atom is 0.348 e. The van der Waals surface area contributed by atoms with Crippen LogP contribution in [0, 0.1) is 0 Å². The smallest absolute Gasteiger partial charge is 0.348 e. The van der Waals surface area contributed by atoms with Crippen molar-refractivity contribution in [3.8, 4) is 21.8 Å². The minimum absolute atomic E-state index is 0.235. The predicted molar refractivity (Wildman–Crippen MR) is 84.4 cm³/mol. The Labute approximate surface area is 125 Å². The molecule has 1 heterocycles. The molecule has 0 aliphatic rings. The van der Waals surface area contributed by atoms with Crippen molar-refractivity contribution in [1.82, 2.24) is 4.98 Å². The van der Waals surface area contributed by atoms with Gasteiger partial charge < -0.3 is 10.8 Å². The molecule has 0 amide bonds. The monoisotopic (exact) mass is 296 g/mol. The molecule has 0 saturated heterocycles. The molecular weight excluding hydrogens is 284 g/mol. The van der Waals surface area contributed by atoms with Crippen molar-refractivity contribution < 1.29 is 9.90 Å². The van der Waals surface area contributed by atoms with Gasteiger partial charge in [0.2, 0.25) is 0 Å². The number of carboxylic acid groups (broad SMARTS) is 1. The van der Waals surface area contributed by atoms with Crippen LogP contribution in [0.2, 0.25) is 0 Å². The van der Waals surface area contributed by atoms with Gasteiger partial charge in [0, 0.05) is 16.8 Å². The standard InChI is InChI=1S/C16H12N2O2S/c17-12-8-6-10(7-9-12)13-14(16(19)20)21-15(18-13)11-4-2-1-3-5-11/h1-9H,17H2,(H,19,20). The topological polar surface area (TPSA) is 76.2 Å². The molecule has 2 aromatic carbocycles. The van der Waals surface area contributed by atoms with E-state index in [0.717, 1.165) is 11.1 Å². The lowest BCUT2D eigenvalue weighted by molar-refractivity contribution is 0.0702. The number of hydrogen-bond donors (Lipinski definition) is 2. The van der Waals surface area contributed by atoms with Crippen molar-refractivity contribution in [3.05, 3.63) is 59.5 Å². The number of anilines is 1. The lowest BCUT2D eigenvalue weighted by Crippen LogP contribution is -1.95. The van der Waals surface area contributed by atoms with E-state index in [-0.39, 0.29) is 4.88 Å². The summed E-state index contributed by atoms with van der Waals surface area (Å²) >= 11 is 1.18. The van der Waals surface area contributed by atoms with E-state index in [2.05, 4.69) is 4.98 Å². The summed E-state index contributed by atoms with van der Waals surface area (Å²) < 4.78 is 0. The van der Waals surface area contributed by atoms with Crippen molar-refractivity contribution in [2.75, 3.05) is 5.73 Å². The van der Waals surface area contributed by atoms with Crippen LogP contribution in [0.3, 0.4) is 0 Å². The zero-order valence-corrected chi connectivity index (χ0v) is 11.8. The van der Waals surface area contributed by atoms with E-state index in [9.17, 15) is 9.90 Å². The van der Waals surface area contributed by atoms with Gasteiger partial charge in [0.1, 0.15) is 9.88 Å². The largest absolute Gasteiger partial charge is 0.477 e. The molecule has 0 bridgehead atoms. The van der Waals surface area contributed by atoms with E-state index in [1.165, 1.54) is 11.3 Å². The summed E-state index contributed by atoms with van der Waals surface area (Å²) in [6.07, 6.45) is 0. The quantitative estimate of drug-likeness (QED) is 0.721. The van der Waals surface area contributed by atoms with E-state index in [0.29, 0.717) is 16.4 Å². The van der Waals surface area contributed by atoms with Gasteiger partial charge in [-0.1, -0.05) is 42.5 Å². The van der Waals surface area contributed by atoms with Gasteiger partial charge in [-0.2, -0.15) is 0 Å². The number of thiazole rings is 1. The Balaban J connectivity index is 2.14. The molecule has 0 radical (unpaired) electrons. The minimum Gasteiger partial charge on any atom is -0.477 e. The van der Waals surface area contributed by atoms with Crippen molar-refractivity contribution in [2.24, 2.45) is 0 Å². The van der Waals surface area contributed by atoms with Crippen LogP contribution < -0.4 is 5.73 Å². The Morgan fingerprint density at radius 2 is 1.67 bits per heavy atom. The number of nitrogens with zero attached hydrogens (tertiary/aromatic N) is 1. The summed E-state index contributed by atoms with van der Waals surface area (Å²) in [5.41, 5.74) is 8.44. The summed E-state index contributed by atoms with van der Waals surface area (Å²) in [6.45, 7) is 0. The zero-order chi connectivity index (χ0) is 14.8. The Morgan fingerprint density at radius 3 is 2.29 bits per heavy atom. The highest BCUT2D eigenvalue weighted by Gasteiger charge is 2.19. The van der Waals surface area contributed by atoms with E-state index in [4.69, 9.17) is 5.73 Å². The number of nitrogens with two attached hydrogens (primary N) is 1. The first-order chi connectivity index (χ1) is 10.1. The zero-order valence-electron chi connectivity index (χ0n) is 11.0. The number of carboxylic acids is 1. The SMILES string of the molecule is Nc1ccc(-c2nc(-c3ccccc3)sc2C(=O)O)cc1. The molecule has 3 rings (SSSR count). The average Bonchev–Trinajstić information content (AvgIpc) is 2.94. The van der Waals surface area contributed by atoms with E-state index in [1.54, 1.807) is 24.3 Å². The maximum absolute atomic E-state index is 11.5. The van der Waals surface area contributed by atoms with Crippen LogP contribution in [-0.2, 0) is 0 Å². The van der Waals surface area contributed by atoms with E-state index < -0.39 is 5.97 Å².